The molecule has 1 unspecified atom stereocenters. The van der Waals surface area contributed by atoms with E-state index in [1.165, 1.54) is 12.1 Å². The second kappa shape index (κ2) is 6.89. The molecule has 1 amide bonds. The quantitative estimate of drug-likeness (QED) is 0.909. The summed E-state index contributed by atoms with van der Waals surface area (Å²) in [6, 6.07) is 3.65. The van der Waals surface area contributed by atoms with Crippen molar-refractivity contribution in [1.82, 2.24) is 10.3 Å². The maximum absolute atomic E-state index is 12.5. The van der Waals surface area contributed by atoms with Crippen LogP contribution in [-0.4, -0.2) is 24.1 Å². The summed E-state index contributed by atoms with van der Waals surface area (Å²) in [5, 5.41) is 2.59. The number of nitrogens with one attached hydrogen (secondary N) is 1. The van der Waals surface area contributed by atoms with Crippen molar-refractivity contribution in [3.8, 4) is 0 Å². The van der Waals surface area contributed by atoms with Crippen LogP contribution < -0.4 is 5.32 Å². The third-order valence-electron chi connectivity index (χ3n) is 3.37. The summed E-state index contributed by atoms with van der Waals surface area (Å²) in [5.41, 5.74) is -0.750. The number of carbonyl (C=O) groups excluding carboxylic acids is 1. The summed E-state index contributed by atoms with van der Waals surface area (Å²) in [4.78, 5) is 15.1. The molecule has 7 heteroatoms. The van der Waals surface area contributed by atoms with Gasteiger partial charge in [-0.3, -0.25) is 4.79 Å². The van der Waals surface area contributed by atoms with Gasteiger partial charge in [-0.25, -0.2) is 4.98 Å². The Hall–Kier alpha value is -1.63. The van der Waals surface area contributed by atoms with Gasteiger partial charge in [-0.15, -0.1) is 0 Å². The Morgan fingerprint density at radius 1 is 1.43 bits per heavy atom. The van der Waals surface area contributed by atoms with E-state index in [2.05, 4.69) is 10.3 Å². The van der Waals surface area contributed by atoms with Crippen LogP contribution >= 0.6 is 0 Å². The average molecular weight is 302 g/mol. The molecule has 1 atom stereocenters. The van der Waals surface area contributed by atoms with E-state index in [9.17, 15) is 18.0 Å². The van der Waals surface area contributed by atoms with Crippen LogP contribution in [0.1, 0.15) is 30.7 Å². The van der Waals surface area contributed by atoms with Gasteiger partial charge in [0.1, 0.15) is 5.69 Å². The van der Waals surface area contributed by atoms with E-state index in [0.717, 1.165) is 25.5 Å². The van der Waals surface area contributed by atoms with Gasteiger partial charge in [0.15, 0.2) is 0 Å². The Labute approximate surface area is 120 Å². The molecule has 0 spiro atoms. The zero-order chi connectivity index (χ0) is 15.3. The topological polar surface area (TPSA) is 51.2 Å². The Bertz CT molecular complexity index is 485. The van der Waals surface area contributed by atoms with Gasteiger partial charge in [0, 0.05) is 19.6 Å². The standard InChI is InChI=1S/C14H17F3N2O2/c15-14(16,17)12-3-1-2-11(19-12)8-18-13(20)5-4-10-6-7-21-9-10/h1-3,10H,4-9H2,(H,18,20). The maximum atomic E-state index is 12.5. The van der Waals surface area contributed by atoms with Crippen molar-refractivity contribution in [2.45, 2.75) is 32.0 Å². The molecule has 1 N–H and O–H groups in total. The molecule has 1 saturated heterocycles. The molecular formula is C14H17F3N2O2. The summed E-state index contributed by atoms with van der Waals surface area (Å²) in [6.07, 6.45) is -2.42. The fraction of sp³-hybridized carbons (Fsp3) is 0.571. The summed E-state index contributed by atoms with van der Waals surface area (Å²) in [7, 11) is 0. The Balaban J connectivity index is 1.78. The SMILES string of the molecule is O=C(CCC1CCOC1)NCc1cccc(C(F)(F)F)n1. The summed E-state index contributed by atoms with van der Waals surface area (Å²) >= 11 is 0. The predicted molar refractivity (Wildman–Crippen MR) is 69.2 cm³/mol. The average Bonchev–Trinajstić information content (AvgIpc) is 2.95. The van der Waals surface area contributed by atoms with Gasteiger partial charge in [-0.2, -0.15) is 13.2 Å². The van der Waals surface area contributed by atoms with Gasteiger partial charge in [0.25, 0.3) is 0 Å². The molecule has 1 aromatic rings. The lowest BCUT2D eigenvalue weighted by atomic mass is 10.0. The number of alkyl halides is 3. The zero-order valence-corrected chi connectivity index (χ0v) is 11.4. The number of hydrogen-bond acceptors (Lipinski definition) is 3. The number of hydrogen-bond donors (Lipinski definition) is 1. The molecular weight excluding hydrogens is 285 g/mol. The van der Waals surface area contributed by atoms with Crippen LogP contribution in [0.4, 0.5) is 13.2 Å². The van der Waals surface area contributed by atoms with Crippen LogP contribution in [0.15, 0.2) is 18.2 Å². The van der Waals surface area contributed by atoms with E-state index in [0.29, 0.717) is 18.9 Å². The number of nitrogens with zero attached hydrogens (tertiary/aromatic N) is 1. The third kappa shape index (κ3) is 5.00. The minimum absolute atomic E-state index is 0.00389. The molecule has 0 aliphatic carbocycles. The van der Waals surface area contributed by atoms with E-state index in [-0.39, 0.29) is 18.1 Å². The zero-order valence-electron chi connectivity index (χ0n) is 11.4. The number of aromatic nitrogens is 1. The molecule has 1 aliphatic heterocycles. The van der Waals surface area contributed by atoms with Crippen molar-refractivity contribution in [2.75, 3.05) is 13.2 Å². The molecule has 2 rings (SSSR count). The van der Waals surface area contributed by atoms with Crippen LogP contribution in [0, 0.1) is 5.92 Å². The normalized spacial score (nSPS) is 18.7. The van der Waals surface area contributed by atoms with Crippen molar-refractivity contribution in [3.05, 3.63) is 29.6 Å². The summed E-state index contributed by atoms with van der Waals surface area (Å²) < 4.78 is 42.7. The first-order valence-electron chi connectivity index (χ1n) is 6.83. The highest BCUT2D eigenvalue weighted by molar-refractivity contribution is 5.75. The molecule has 21 heavy (non-hydrogen) atoms. The Morgan fingerprint density at radius 2 is 2.24 bits per heavy atom. The molecule has 2 heterocycles. The van der Waals surface area contributed by atoms with Gasteiger partial charge in [-0.1, -0.05) is 6.07 Å². The minimum Gasteiger partial charge on any atom is -0.381 e. The molecule has 0 bridgehead atoms. The molecule has 0 aromatic carbocycles. The van der Waals surface area contributed by atoms with Crippen molar-refractivity contribution in [2.24, 2.45) is 5.92 Å². The number of carbonyl (C=O) groups is 1. The smallest absolute Gasteiger partial charge is 0.381 e. The largest absolute Gasteiger partial charge is 0.433 e. The number of halogens is 3. The van der Waals surface area contributed by atoms with Crippen molar-refractivity contribution in [1.29, 1.82) is 0 Å². The number of rotatable bonds is 5. The third-order valence-corrected chi connectivity index (χ3v) is 3.37. The van der Waals surface area contributed by atoms with Crippen LogP contribution in [0.25, 0.3) is 0 Å². The van der Waals surface area contributed by atoms with Gasteiger partial charge >= 0.3 is 6.18 Å². The molecule has 1 aliphatic rings. The maximum Gasteiger partial charge on any atom is 0.433 e. The molecule has 1 aromatic heterocycles. The lowest BCUT2D eigenvalue weighted by molar-refractivity contribution is -0.141. The fourth-order valence-corrected chi connectivity index (χ4v) is 2.16. The number of ether oxygens (including phenoxy) is 1. The van der Waals surface area contributed by atoms with Crippen LogP contribution in [-0.2, 0) is 22.3 Å². The number of pyridine rings is 1. The first-order valence-corrected chi connectivity index (χ1v) is 6.83. The minimum atomic E-state index is -4.47. The van der Waals surface area contributed by atoms with Crippen LogP contribution in [0.3, 0.4) is 0 Å². The number of amides is 1. The van der Waals surface area contributed by atoms with Crippen molar-refractivity contribution < 1.29 is 22.7 Å². The van der Waals surface area contributed by atoms with Gasteiger partial charge in [-0.05, 0) is 30.9 Å². The van der Waals surface area contributed by atoms with E-state index >= 15 is 0 Å². The van der Waals surface area contributed by atoms with E-state index in [4.69, 9.17) is 4.74 Å². The molecule has 116 valence electrons. The highest BCUT2D eigenvalue weighted by atomic mass is 19.4. The fourth-order valence-electron chi connectivity index (χ4n) is 2.16. The second-order valence-electron chi connectivity index (χ2n) is 5.06. The monoisotopic (exact) mass is 302 g/mol. The second-order valence-corrected chi connectivity index (χ2v) is 5.06. The van der Waals surface area contributed by atoms with E-state index in [1.54, 1.807) is 0 Å². The summed E-state index contributed by atoms with van der Waals surface area (Å²) in [6.45, 7) is 1.42. The molecule has 0 radical (unpaired) electrons. The van der Waals surface area contributed by atoms with Crippen molar-refractivity contribution in [3.63, 3.8) is 0 Å². The van der Waals surface area contributed by atoms with Crippen molar-refractivity contribution >= 4 is 5.91 Å². The highest BCUT2D eigenvalue weighted by Crippen LogP contribution is 2.27. The van der Waals surface area contributed by atoms with Gasteiger partial charge in [0.2, 0.25) is 5.91 Å². The van der Waals surface area contributed by atoms with E-state index < -0.39 is 11.9 Å². The molecule has 1 fully saturated rings. The summed E-state index contributed by atoms with van der Waals surface area (Å²) in [5.74, 6) is 0.226. The first kappa shape index (κ1) is 15.8. The highest BCUT2D eigenvalue weighted by Gasteiger charge is 2.32. The van der Waals surface area contributed by atoms with Crippen LogP contribution in [0.2, 0.25) is 0 Å². The first-order chi connectivity index (χ1) is 9.95. The Morgan fingerprint density at radius 3 is 2.90 bits per heavy atom. The van der Waals surface area contributed by atoms with Crippen LogP contribution in [0.5, 0.6) is 0 Å². The van der Waals surface area contributed by atoms with Gasteiger partial charge < -0.3 is 10.1 Å². The van der Waals surface area contributed by atoms with Gasteiger partial charge in [0.05, 0.1) is 12.2 Å². The Kier molecular flexibility index (Phi) is 5.17. The molecule has 4 nitrogen and oxygen atoms in total. The molecule has 0 saturated carbocycles. The lowest BCUT2D eigenvalue weighted by Gasteiger charge is -2.10. The van der Waals surface area contributed by atoms with E-state index in [1.807, 2.05) is 0 Å². The lowest BCUT2D eigenvalue weighted by Crippen LogP contribution is -2.24. The predicted octanol–water partition coefficient (Wildman–Crippen LogP) is 2.53.